The van der Waals surface area contributed by atoms with Crippen LogP contribution in [0.2, 0.25) is 0 Å². The number of rotatable bonds is 4. The molecule has 0 atom stereocenters. The van der Waals surface area contributed by atoms with Crippen LogP contribution in [0.5, 0.6) is 5.75 Å². The molecule has 1 aromatic heterocycles. The number of aromatic nitrogens is 2. The standard InChI is InChI=1S/C13H14FN3O/c1-3-18-11-6-4-10(5-7-11)17-13-12(14)9(2)15-8-16-13/h4-8H,3H2,1-2H3,(H,15,16,17). The molecule has 0 aliphatic heterocycles. The molecule has 1 aromatic carbocycles. The normalized spacial score (nSPS) is 10.2. The topological polar surface area (TPSA) is 47.0 Å². The summed E-state index contributed by atoms with van der Waals surface area (Å²) in [6.45, 7) is 4.14. The number of hydrogen-bond donors (Lipinski definition) is 1. The molecule has 0 bridgehead atoms. The molecule has 0 aliphatic rings. The van der Waals surface area contributed by atoms with Crippen molar-refractivity contribution in [3.8, 4) is 5.75 Å². The van der Waals surface area contributed by atoms with Crippen molar-refractivity contribution < 1.29 is 9.13 Å². The first kappa shape index (κ1) is 12.3. The maximum absolute atomic E-state index is 13.7. The third-order valence-electron chi connectivity index (χ3n) is 2.39. The highest BCUT2D eigenvalue weighted by Crippen LogP contribution is 2.21. The number of benzene rings is 1. The Morgan fingerprint density at radius 2 is 1.94 bits per heavy atom. The van der Waals surface area contributed by atoms with Gasteiger partial charge >= 0.3 is 0 Å². The van der Waals surface area contributed by atoms with Crippen molar-refractivity contribution >= 4 is 11.5 Å². The fourth-order valence-corrected chi connectivity index (χ4v) is 1.48. The van der Waals surface area contributed by atoms with Gasteiger partial charge in [0.15, 0.2) is 11.6 Å². The molecule has 4 nitrogen and oxygen atoms in total. The molecule has 0 aliphatic carbocycles. The summed E-state index contributed by atoms with van der Waals surface area (Å²) in [5.41, 5.74) is 1.06. The first-order chi connectivity index (χ1) is 8.70. The Bertz CT molecular complexity index is 528. The van der Waals surface area contributed by atoms with Crippen LogP contribution in [-0.2, 0) is 0 Å². The third-order valence-corrected chi connectivity index (χ3v) is 2.39. The van der Waals surface area contributed by atoms with Gasteiger partial charge in [-0.05, 0) is 38.1 Å². The molecule has 0 unspecified atom stereocenters. The lowest BCUT2D eigenvalue weighted by molar-refractivity contribution is 0.340. The van der Waals surface area contributed by atoms with Crippen molar-refractivity contribution in [1.82, 2.24) is 9.97 Å². The molecule has 2 aromatic rings. The molecule has 18 heavy (non-hydrogen) atoms. The van der Waals surface area contributed by atoms with Crippen LogP contribution in [0, 0.1) is 12.7 Å². The fraction of sp³-hybridized carbons (Fsp3) is 0.231. The zero-order valence-electron chi connectivity index (χ0n) is 10.3. The van der Waals surface area contributed by atoms with Crippen LogP contribution in [-0.4, -0.2) is 16.6 Å². The van der Waals surface area contributed by atoms with E-state index in [0.29, 0.717) is 12.3 Å². The van der Waals surface area contributed by atoms with E-state index in [1.54, 1.807) is 6.92 Å². The minimum absolute atomic E-state index is 0.173. The van der Waals surface area contributed by atoms with E-state index in [4.69, 9.17) is 4.74 Å². The maximum atomic E-state index is 13.7. The van der Waals surface area contributed by atoms with Crippen molar-refractivity contribution in [3.05, 3.63) is 42.1 Å². The highest BCUT2D eigenvalue weighted by atomic mass is 19.1. The van der Waals surface area contributed by atoms with Crippen molar-refractivity contribution in [1.29, 1.82) is 0 Å². The maximum Gasteiger partial charge on any atom is 0.186 e. The smallest absolute Gasteiger partial charge is 0.186 e. The molecule has 0 spiro atoms. The molecule has 2 rings (SSSR count). The quantitative estimate of drug-likeness (QED) is 0.902. The minimum atomic E-state index is -0.439. The molecular weight excluding hydrogens is 233 g/mol. The van der Waals surface area contributed by atoms with Gasteiger partial charge in [0.05, 0.1) is 12.3 Å². The average Bonchev–Trinajstić information content (AvgIpc) is 2.38. The van der Waals surface area contributed by atoms with E-state index in [1.165, 1.54) is 6.33 Å². The Morgan fingerprint density at radius 3 is 2.61 bits per heavy atom. The molecule has 0 saturated carbocycles. The fourth-order valence-electron chi connectivity index (χ4n) is 1.48. The van der Waals surface area contributed by atoms with Crippen LogP contribution in [0.15, 0.2) is 30.6 Å². The predicted octanol–water partition coefficient (Wildman–Crippen LogP) is 3.07. The molecule has 5 heteroatoms. The Hall–Kier alpha value is -2.17. The van der Waals surface area contributed by atoms with Gasteiger partial charge in [-0.15, -0.1) is 0 Å². The Balaban J connectivity index is 2.16. The van der Waals surface area contributed by atoms with E-state index in [2.05, 4.69) is 15.3 Å². The number of nitrogens with zero attached hydrogens (tertiary/aromatic N) is 2. The highest BCUT2D eigenvalue weighted by Gasteiger charge is 2.07. The van der Waals surface area contributed by atoms with E-state index >= 15 is 0 Å². The number of hydrogen-bond acceptors (Lipinski definition) is 4. The minimum Gasteiger partial charge on any atom is -0.494 e. The largest absolute Gasteiger partial charge is 0.494 e. The van der Waals surface area contributed by atoms with Gasteiger partial charge in [-0.25, -0.2) is 14.4 Å². The lowest BCUT2D eigenvalue weighted by Gasteiger charge is -2.08. The molecule has 1 heterocycles. The van der Waals surface area contributed by atoms with Gasteiger partial charge in [-0.2, -0.15) is 0 Å². The van der Waals surface area contributed by atoms with Crippen molar-refractivity contribution in [2.75, 3.05) is 11.9 Å². The molecule has 0 amide bonds. The van der Waals surface area contributed by atoms with Crippen LogP contribution in [0.25, 0.3) is 0 Å². The second kappa shape index (κ2) is 5.44. The van der Waals surface area contributed by atoms with Crippen molar-refractivity contribution in [2.24, 2.45) is 0 Å². The molecule has 0 saturated heterocycles. The van der Waals surface area contributed by atoms with E-state index < -0.39 is 5.82 Å². The van der Waals surface area contributed by atoms with Crippen LogP contribution in [0.4, 0.5) is 15.9 Å². The number of nitrogens with one attached hydrogen (secondary N) is 1. The van der Waals surface area contributed by atoms with Gasteiger partial charge < -0.3 is 10.1 Å². The SMILES string of the molecule is CCOc1ccc(Nc2ncnc(C)c2F)cc1. The van der Waals surface area contributed by atoms with Gasteiger partial charge in [0.2, 0.25) is 0 Å². The van der Waals surface area contributed by atoms with E-state index in [1.807, 2.05) is 31.2 Å². The average molecular weight is 247 g/mol. The van der Waals surface area contributed by atoms with Crippen molar-refractivity contribution in [2.45, 2.75) is 13.8 Å². The summed E-state index contributed by atoms with van der Waals surface area (Å²) in [6.07, 6.45) is 1.33. The summed E-state index contributed by atoms with van der Waals surface area (Å²) in [7, 11) is 0. The summed E-state index contributed by atoms with van der Waals surface area (Å²) in [4.78, 5) is 7.64. The highest BCUT2D eigenvalue weighted by molar-refractivity contribution is 5.57. The summed E-state index contributed by atoms with van der Waals surface area (Å²) < 4.78 is 19.0. The molecule has 0 radical (unpaired) electrons. The first-order valence-corrected chi connectivity index (χ1v) is 5.67. The Morgan fingerprint density at radius 1 is 1.22 bits per heavy atom. The summed E-state index contributed by atoms with van der Waals surface area (Å²) >= 11 is 0. The van der Waals surface area contributed by atoms with E-state index in [-0.39, 0.29) is 5.82 Å². The molecular formula is C13H14FN3O. The summed E-state index contributed by atoms with van der Waals surface area (Å²) in [6, 6.07) is 7.25. The zero-order chi connectivity index (χ0) is 13.0. The second-order valence-electron chi connectivity index (χ2n) is 3.70. The van der Waals surface area contributed by atoms with Gasteiger partial charge in [0, 0.05) is 5.69 Å². The third kappa shape index (κ3) is 2.74. The predicted molar refractivity (Wildman–Crippen MR) is 67.6 cm³/mol. The molecule has 94 valence electrons. The first-order valence-electron chi connectivity index (χ1n) is 5.67. The zero-order valence-corrected chi connectivity index (χ0v) is 10.3. The number of anilines is 2. The van der Waals surface area contributed by atoms with Gasteiger partial charge in [0.1, 0.15) is 12.1 Å². The summed E-state index contributed by atoms with van der Waals surface area (Å²) in [5, 5.41) is 2.90. The Kier molecular flexibility index (Phi) is 3.72. The van der Waals surface area contributed by atoms with E-state index in [0.717, 1.165) is 11.4 Å². The van der Waals surface area contributed by atoms with Crippen molar-refractivity contribution in [3.63, 3.8) is 0 Å². The second-order valence-corrected chi connectivity index (χ2v) is 3.70. The number of aryl methyl sites for hydroxylation is 1. The van der Waals surface area contributed by atoms with Crippen LogP contribution >= 0.6 is 0 Å². The van der Waals surface area contributed by atoms with Gasteiger partial charge in [-0.3, -0.25) is 0 Å². The number of halogens is 1. The Labute approximate surface area is 105 Å². The lowest BCUT2D eigenvalue weighted by Crippen LogP contribution is -2.00. The van der Waals surface area contributed by atoms with E-state index in [9.17, 15) is 4.39 Å². The molecule has 0 fully saturated rings. The lowest BCUT2D eigenvalue weighted by atomic mass is 10.3. The molecule has 1 N–H and O–H groups in total. The van der Waals surface area contributed by atoms with Crippen LogP contribution in [0.3, 0.4) is 0 Å². The summed E-state index contributed by atoms with van der Waals surface area (Å²) in [5.74, 6) is 0.514. The van der Waals surface area contributed by atoms with Gasteiger partial charge in [-0.1, -0.05) is 0 Å². The number of ether oxygens (including phenoxy) is 1. The monoisotopic (exact) mass is 247 g/mol. The van der Waals surface area contributed by atoms with Crippen LogP contribution < -0.4 is 10.1 Å². The van der Waals surface area contributed by atoms with Gasteiger partial charge in [0.25, 0.3) is 0 Å². The van der Waals surface area contributed by atoms with Crippen LogP contribution in [0.1, 0.15) is 12.6 Å².